The Balaban J connectivity index is 1.45. The van der Waals surface area contributed by atoms with Gasteiger partial charge in [0.25, 0.3) is 0 Å². The second-order valence-electron chi connectivity index (χ2n) is 6.13. The van der Waals surface area contributed by atoms with Crippen LogP contribution in [0.1, 0.15) is 30.9 Å². The maximum Gasteiger partial charge on any atom is 0.229 e. The molecule has 5 nitrogen and oxygen atoms in total. The van der Waals surface area contributed by atoms with Crippen molar-refractivity contribution in [3.05, 3.63) is 48.2 Å². The van der Waals surface area contributed by atoms with Crippen molar-refractivity contribution in [3.8, 4) is 0 Å². The summed E-state index contributed by atoms with van der Waals surface area (Å²) >= 11 is 0. The first-order chi connectivity index (χ1) is 11.2. The van der Waals surface area contributed by atoms with Gasteiger partial charge in [-0.3, -0.25) is 4.79 Å². The van der Waals surface area contributed by atoms with Crippen LogP contribution in [0.25, 0.3) is 0 Å². The fourth-order valence-corrected chi connectivity index (χ4v) is 2.94. The van der Waals surface area contributed by atoms with E-state index in [4.69, 9.17) is 0 Å². The lowest BCUT2D eigenvalue weighted by Gasteiger charge is -2.17. The summed E-state index contributed by atoms with van der Waals surface area (Å²) in [6.45, 7) is 0.549. The van der Waals surface area contributed by atoms with Gasteiger partial charge in [0.15, 0.2) is 0 Å². The number of amides is 1. The largest absolute Gasteiger partial charge is 0.365 e. The first kappa shape index (κ1) is 14.1. The molecule has 1 aliphatic carbocycles. The molecule has 2 aliphatic rings. The Bertz CT molecular complexity index is 730. The molecule has 1 saturated heterocycles. The Morgan fingerprint density at radius 3 is 2.70 bits per heavy atom. The molecule has 2 fully saturated rings. The molecule has 1 aromatic heterocycles. The van der Waals surface area contributed by atoms with E-state index in [0.29, 0.717) is 18.9 Å². The van der Waals surface area contributed by atoms with Crippen LogP contribution in [0, 0.1) is 5.82 Å². The maximum absolute atomic E-state index is 13.0. The highest BCUT2D eigenvalue weighted by Gasteiger charge is 2.31. The smallest absolute Gasteiger partial charge is 0.229 e. The third kappa shape index (κ3) is 3.02. The second-order valence-corrected chi connectivity index (χ2v) is 6.13. The van der Waals surface area contributed by atoms with Crippen molar-refractivity contribution in [1.82, 2.24) is 9.97 Å². The molecule has 1 amide bonds. The van der Waals surface area contributed by atoms with Crippen molar-refractivity contribution in [3.63, 3.8) is 0 Å². The molecule has 1 saturated carbocycles. The Hall–Kier alpha value is -2.50. The lowest BCUT2D eigenvalue weighted by atomic mass is 10.2. The molecule has 0 bridgehead atoms. The molecule has 1 N–H and O–H groups in total. The fourth-order valence-electron chi connectivity index (χ4n) is 2.94. The lowest BCUT2D eigenvalue weighted by molar-refractivity contribution is -0.117. The van der Waals surface area contributed by atoms with Crippen LogP contribution in [0.3, 0.4) is 0 Å². The highest BCUT2D eigenvalue weighted by molar-refractivity contribution is 5.96. The molecule has 2 aromatic rings. The van der Waals surface area contributed by atoms with Crippen LogP contribution in [-0.2, 0) is 4.79 Å². The summed E-state index contributed by atoms with van der Waals surface area (Å²) in [5, 5.41) is 3.32. The summed E-state index contributed by atoms with van der Waals surface area (Å²) in [7, 11) is 0. The van der Waals surface area contributed by atoms with Crippen molar-refractivity contribution in [2.45, 2.75) is 31.2 Å². The minimum absolute atomic E-state index is 0.00509. The van der Waals surface area contributed by atoms with Crippen LogP contribution in [0.4, 0.5) is 15.9 Å². The molecular formula is C17H17FN4O. The zero-order valence-corrected chi connectivity index (χ0v) is 12.6. The lowest BCUT2D eigenvalue weighted by Crippen LogP contribution is -2.27. The number of aromatic nitrogens is 2. The number of hydrogen-bond donors (Lipinski definition) is 1. The molecular weight excluding hydrogens is 295 g/mol. The summed E-state index contributed by atoms with van der Waals surface area (Å²) in [6, 6.07) is 7.97. The highest BCUT2D eigenvalue weighted by Crippen LogP contribution is 2.39. The van der Waals surface area contributed by atoms with Gasteiger partial charge in [0.05, 0.1) is 6.04 Å². The van der Waals surface area contributed by atoms with Crippen LogP contribution in [0.15, 0.2) is 36.7 Å². The van der Waals surface area contributed by atoms with Crippen LogP contribution in [0.5, 0.6) is 0 Å². The van der Waals surface area contributed by atoms with E-state index < -0.39 is 0 Å². The minimum atomic E-state index is -0.302. The van der Waals surface area contributed by atoms with Crippen LogP contribution >= 0.6 is 0 Å². The monoisotopic (exact) mass is 312 g/mol. The van der Waals surface area contributed by atoms with E-state index in [9.17, 15) is 9.18 Å². The Morgan fingerprint density at radius 1 is 1.17 bits per heavy atom. The van der Waals surface area contributed by atoms with Crippen LogP contribution in [0.2, 0.25) is 0 Å². The average Bonchev–Trinajstić information content (AvgIpc) is 3.33. The zero-order valence-electron chi connectivity index (χ0n) is 12.6. The van der Waals surface area contributed by atoms with Crippen molar-refractivity contribution in [1.29, 1.82) is 0 Å². The molecule has 2 heterocycles. The topological polar surface area (TPSA) is 58.1 Å². The van der Waals surface area contributed by atoms with E-state index in [1.165, 1.54) is 25.0 Å². The molecule has 0 spiro atoms. The van der Waals surface area contributed by atoms with Gasteiger partial charge in [-0.25, -0.2) is 14.4 Å². The highest BCUT2D eigenvalue weighted by atomic mass is 19.1. The quantitative estimate of drug-likeness (QED) is 0.943. The second kappa shape index (κ2) is 5.61. The Labute approximate surface area is 133 Å². The molecule has 1 aromatic carbocycles. The third-order valence-electron chi connectivity index (χ3n) is 4.30. The van der Waals surface area contributed by atoms with E-state index in [0.717, 1.165) is 17.2 Å². The molecule has 23 heavy (non-hydrogen) atoms. The average molecular weight is 312 g/mol. The van der Waals surface area contributed by atoms with Crippen LogP contribution < -0.4 is 10.2 Å². The van der Waals surface area contributed by atoms with E-state index >= 15 is 0 Å². The number of anilines is 2. The van der Waals surface area contributed by atoms with Gasteiger partial charge in [0.2, 0.25) is 5.91 Å². The van der Waals surface area contributed by atoms with E-state index in [1.807, 2.05) is 6.07 Å². The predicted molar refractivity (Wildman–Crippen MR) is 84.8 cm³/mol. The molecule has 0 radical (unpaired) electrons. The van der Waals surface area contributed by atoms with Gasteiger partial charge < -0.3 is 10.2 Å². The SMILES string of the molecule is O=C1C[C@H](Nc2cc(C3CC3)ncn2)CN1c1ccc(F)cc1. The summed E-state index contributed by atoms with van der Waals surface area (Å²) in [4.78, 5) is 22.4. The van der Waals surface area contributed by atoms with Gasteiger partial charge in [-0.1, -0.05) is 0 Å². The minimum Gasteiger partial charge on any atom is -0.365 e. The Morgan fingerprint density at radius 2 is 1.96 bits per heavy atom. The number of nitrogens with zero attached hydrogens (tertiary/aromatic N) is 3. The first-order valence-corrected chi connectivity index (χ1v) is 7.83. The molecule has 1 aliphatic heterocycles. The van der Waals surface area contributed by atoms with Gasteiger partial charge >= 0.3 is 0 Å². The van der Waals surface area contributed by atoms with Gasteiger partial charge in [-0.2, -0.15) is 0 Å². The first-order valence-electron chi connectivity index (χ1n) is 7.83. The van der Waals surface area contributed by atoms with Crippen LogP contribution in [-0.4, -0.2) is 28.5 Å². The number of hydrogen-bond acceptors (Lipinski definition) is 4. The van der Waals surface area contributed by atoms with E-state index in [-0.39, 0.29) is 17.8 Å². The van der Waals surface area contributed by atoms with Gasteiger partial charge in [-0.15, -0.1) is 0 Å². The van der Waals surface area contributed by atoms with Crippen molar-refractivity contribution in [2.75, 3.05) is 16.8 Å². The molecule has 4 rings (SSSR count). The maximum atomic E-state index is 13.0. The summed E-state index contributed by atoms with van der Waals surface area (Å²) in [6.07, 6.45) is 4.36. The number of nitrogens with one attached hydrogen (secondary N) is 1. The molecule has 118 valence electrons. The third-order valence-corrected chi connectivity index (χ3v) is 4.30. The summed E-state index contributed by atoms with van der Waals surface area (Å²) < 4.78 is 13.0. The fraction of sp³-hybridized carbons (Fsp3) is 0.353. The normalized spacial score (nSPS) is 20.8. The number of benzene rings is 1. The molecule has 6 heteroatoms. The van der Waals surface area contributed by atoms with Crippen molar-refractivity contribution >= 4 is 17.4 Å². The van der Waals surface area contributed by atoms with Gasteiger partial charge in [-0.05, 0) is 37.1 Å². The van der Waals surface area contributed by atoms with Crippen molar-refractivity contribution < 1.29 is 9.18 Å². The predicted octanol–water partition coefficient (Wildman–Crippen LogP) is 2.71. The number of carbonyl (C=O) groups excluding carboxylic acids is 1. The molecule has 1 atom stereocenters. The standard InChI is InChI=1S/C17H17FN4O/c18-12-3-5-14(6-4-12)22-9-13(7-17(22)23)21-16-8-15(11-1-2-11)19-10-20-16/h3-6,8,10-11,13H,1-2,7,9H2,(H,19,20,21)/t13-/m0/s1. The zero-order chi connectivity index (χ0) is 15.8. The van der Waals surface area contributed by atoms with E-state index in [2.05, 4.69) is 15.3 Å². The molecule has 0 unspecified atom stereocenters. The number of halogens is 1. The van der Waals surface area contributed by atoms with Gasteiger partial charge in [0, 0.05) is 36.3 Å². The van der Waals surface area contributed by atoms with Gasteiger partial charge in [0.1, 0.15) is 18.0 Å². The Kier molecular flexibility index (Phi) is 3.44. The summed E-state index contributed by atoms with van der Waals surface area (Å²) in [5.41, 5.74) is 1.80. The van der Waals surface area contributed by atoms with Crippen molar-refractivity contribution in [2.24, 2.45) is 0 Å². The van der Waals surface area contributed by atoms with E-state index in [1.54, 1.807) is 23.4 Å². The number of carbonyl (C=O) groups is 1. The summed E-state index contributed by atoms with van der Waals surface area (Å²) in [5.74, 6) is 1.06. The number of rotatable bonds is 4.